The van der Waals surface area contributed by atoms with Crippen molar-refractivity contribution in [2.24, 2.45) is 5.92 Å². The van der Waals surface area contributed by atoms with Gasteiger partial charge >= 0.3 is 0 Å². The molecule has 4 rings (SSSR count). The average molecular weight is 370 g/mol. The Labute approximate surface area is 158 Å². The van der Waals surface area contributed by atoms with Crippen LogP contribution in [0, 0.1) is 5.92 Å². The molecule has 3 aliphatic rings. The third-order valence-corrected chi connectivity index (χ3v) is 5.37. The predicted molar refractivity (Wildman–Crippen MR) is 97.8 cm³/mol. The minimum Gasteiger partial charge on any atom is -0.493 e. The van der Waals surface area contributed by atoms with Crippen molar-refractivity contribution in [3.63, 3.8) is 0 Å². The second kappa shape index (κ2) is 6.46. The zero-order valence-corrected chi connectivity index (χ0v) is 15.6. The number of rotatable bonds is 5. The van der Waals surface area contributed by atoms with Crippen LogP contribution in [0.4, 0.5) is 0 Å². The molecule has 0 aromatic heterocycles. The van der Waals surface area contributed by atoms with Crippen molar-refractivity contribution in [2.75, 3.05) is 21.0 Å². The maximum Gasteiger partial charge on any atom is 0.231 e. The number of hydrogen-bond acceptors (Lipinski definition) is 6. The van der Waals surface area contributed by atoms with Crippen molar-refractivity contribution < 1.29 is 28.5 Å². The van der Waals surface area contributed by atoms with Gasteiger partial charge in [-0.15, -0.1) is 6.58 Å². The van der Waals surface area contributed by atoms with Gasteiger partial charge in [0.05, 0.1) is 7.11 Å². The van der Waals surface area contributed by atoms with E-state index in [2.05, 4.69) is 13.5 Å². The van der Waals surface area contributed by atoms with E-state index in [1.807, 2.05) is 18.2 Å². The predicted octanol–water partition coefficient (Wildman–Crippen LogP) is 3.49. The number of allylic oxidation sites excluding steroid dienone is 1. The van der Waals surface area contributed by atoms with Gasteiger partial charge in [-0.1, -0.05) is 13.0 Å². The molecule has 142 valence electrons. The number of benzene rings is 1. The normalized spacial score (nSPS) is 28.2. The van der Waals surface area contributed by atoms with Gasteiger partial charge in [-0.05, 0) is 18.2 Å². The molecule has 2 aliphatic heterocycles. The van der Waals surface area contributed by atoms with E-state index in [9.17, 15) is 4.79 Å². The zero-order chi connectivity index (χ0) is 19.2. The molecule has 2 heterocycles. The third-order valence-electron chi connectivity index (χ3n) is 5.37. The Morgan fingerprint density at radius 3 is 2.85 bits per heavy atom. The zero-order valence-electron chi connectivity index (χ0n) is 15.6. The van der Waals surface area contributed by atoms with Gasteiger partial charge in [-0.3, -0.25) is 4.79 Å². The summed E-state index contributed by atoms with van der Waals surface area (Å²) >= 11 is 0. The smallest absolute Gasteiger partial charge is 0.231 e. The van der Waals surface area contributed by atoms with Crippen LogP contribution in [0.5, 0.6) is 17.2 Å². The molecule has 1 saturated heterocycles. The summed E-state index contributed by atoms with van der Waals surface area (Å²) < 4.78 is 28.1. The van der Waals surface area contributed by atoms with Gasteiger partial charge in [0.2, 0.25) is 12.5 Å². The van der Waals surface area contributed by atoms with E-state index in [4.69, 9.17) is 23.7 Å². The first-order valence-corrected chi connectivity index (χ1v) is 8.82. The molecule has 3 atom stereocenters. The van der Waals surface area contributed by atoms with Gasteiger partial charge in [0.25, 0.3) is 0 Å². The summed E-state index contributed by atoms with van der Waals surface area (Å²) in [6.45, 7) is 5.98. The third kappa shape index (κ3) is 2.63. The van der Waals surface area contributed by atoms with Crippen molar-refractivity contribution in [3.05, 3.63) is 53.8 Å². The Morgan fingerprint density at radius 2 is 2.15 bits per heavy atom. The lowest BCUT2D eigenvalue weighted by atomic mass is 9.82. The molecule has 0 amide bonds. The first-order chi connectivity index (χ1) is 13.0. The number of fused-ring (bicyclic) bond motifs is 2. The maximum atomic E-state index is 12.7. The highest BCUT2D eigenvalue weighted by molar-refractivity contribution is 6.01. The Balaban J connectivity index is 1.73. The maximum absolute atomic E-state index is 12.7. The fraction of sp³-hybridized carbons (Fsp3) is 0.381. The molecule has 1 aliphatic carbocycles. The molecule has 0 saturated carbocycles. The molecule has 0 bridgehead atoms. The quantitative estimate of drug-likeness (QED) is 0.740. The van der Waals surface area contributed by atoms with Crippen molar-refractivity contribution >= 4 is 5.78 Å². The molecule has 1 fully saturated rings. The summed E-state index contributed by atoms with van der Waals surface area (Å²) in [7, 11) is 3.13. The van der Waals surface area contributed by atoms with Gasteiger partial charge in [-0.2, -0.15) is 0 Å². The Hall–Kier alpha value is -2.73. The van der Waals surface area contributed by atoms with Crippen LogP contribution in [0.15, 0.2) is 48.3 Å². The Kier molecular flexibility index (Phi) is 4.23. The summed E-state index contributed by atoms with van der Waals surface area (Å²) in [5, 5.41) is 0. The fourth-order valence-electron chi connectivity index (χ4n) is 3.87. The van der Waals surface area contributed by atoms with Crippen LogP contribution in [0.3, 0.4) is 0 Å². The average Bonchev–Trinajstić information content (AvgIpc) is 3.26. The van der Waals surface area contributed by atoms with Crippen LogP contribution in [-0.4, -0.2) is 32.4 Å². The summed E-state index contributed by atoms with van der Waals surface area (Å²) in [5.74, 6) is 2.30. The Bertz CT molecular complexity index is 868. The second-order valence-electron chi connectivity index (χ2n) is 6.84. The molecule has 0 radical (unpaired) electrons. The Morgan fingerprint density at radius 1 is 1.33 bits per heavy atom. The van der Waals surface area contributed by atoms with E-state index in [1.54, 1.807) is 13.2 Å². The highest BCUT2D eigenvalue weighted by Gasteiger charge is 2.45. The highest BCUT2D eigenvalue weighted by Crippen LogP contribution is 2.51. The van der Waals surface area contributed by atoms with E-state index >= 15 is 0 Å². The summed E-state index contributed by atoms with van der Waals surface area (Å²) in [6.07, 6.45) is 5.24. The van der Waals surface area contributed by atoms with Crippen molar-refractivity contribution in [1.29, 1.82) is 0 Å². The number of carbonyl (C=O) groups excluding carboxylic acids is 1. The van der Waals surface area contributed by atoms with Crippen LogP contribution in [0.2, 0.25) is 0 Å². The molecule has 0 spiro atoms. The molecule has 6 heteroatoms. The SMILES string of the molecule is C=CC[C@@]1(OC)C=C2C(=CC1=O)O[C@H](c1cc(OC)c3c(c1)OCO3)[C@H]2C. The monoisotopic (exact) mass is 370 g/mol. The van der Waals surface area contributed by atoms with Crippen molar-refractivity contribution in [2.45, 2.75) is 25.0 Å². The van der Waals surface area contributed by atoms with Gasteiger partial charge in [0, 0.05) is 36.7 Å². The standard InChI is InChI=1S/C21H22O6/c1-5-6-21(24-4)10-14-12(2)19(27-15(14)9-18(21)22)13-7-16(23-3)20-17(8-13)25-11-26-20/h5,7-10,12,19H,1,6,11H2,2-4H3/t12-,19-,21+/m0/s1. The van der Waals surface area contributed by atoms with Crippen LogP contribution < -0.4 is 14.2 Å². The van der Waals surface area contributed by atoms with Crippen LogP contribution >= 0.6 is 0 Å². The minimum absolute atomic E-state index is 0.0220. The fourth-order valence-corrected chi connectivity index (χ4v) is 3.87. The second-order valence-corrected chi connectivity index (χ2v) is 6.84. The topological polar surface area (TPSA) is 63.2 Å². The van der Waals surface area contributed by atoms with Gasteiger partial charge in [0.15, 0.2) is 22.9 Å². The van der Waals surface area contributed by atoms with E-state index in [-0.39, 0.29) is 24.6 Å². The molecule has 1 aromatic rings. The van der Waals surface area contributed by atoms with Crippen molar-refractivity contribution in [3.8, 4) is 17.2 Å². The molecule has 0 N–H and O–H groups in total. The molecule has 6 nitrogen and oxygen atoms in total. The largest absolute Gasteiger partial charge is 0.493 e. The molecular formula is C21H22O6. The lowest BCUT2D eigenvalue weighted by Gasteiger charge is -2.29. The minimum atomic E-state index is -1.01. The molecule has 27 heavy (non-hydrogen) atoms. The number of carbonyl (C=O) groups is 1. The van der Waals surface area contributed by atoms with Gasteiger partial charge < -0.3 is 23.7 Å². The van der Waals surface area contributed by atoms with Gasteiger partial charge in [-0.25, -0.2) is 0 Å². The summed E-state index contributed by atoms with van der Waals surface area (Å²) in [4.78, 5) is 12.7. The lowest BCUT2D eigenvalue weighted by molar-refractivity contribution is -0.130. The molecule has 1 aromatic carbocycles. The summed E-state index contributed by atoms with van der Waals surface area (Å²) in [6, 6.07) is 3.79. The van der Waals surface area contributed by atoms with Crippen molar-refractivity contribution in [1.82, 2.24) is 0 Å². The first-order valence-electron chi connectivity index (χ1n) is 8.82. The van der Waals surface area contributed by atoms with E-state index in [0.717, 1.165) is 11.1 Å². The molecular weight excluding hydrogens is 348 g/mol. The lowest BCUT2D eigenvalue weighted by Crippen LogP contribution is -2.39. The summed E-state index contributed by atoms with van der Waals surface area (Å²) in [5.41, 5.74) is 0.846. The van der Waals surface area contributed by atoms with Crippen LogP contribution in [-0.2, 0) is 14.3 Å². The number of ketones is 1. The van der Waals surface area contributed by atoms with E-state index in [1.165, 1.54) is 13.2 Å². The van der Waals surface area contributed by atoms with Crippen LogP contribution in [0.1, 0.15) is 25.0 Å². The van der Waals surface area contributed by atoms with Crippen LogP contribution in [0.25, 0.3) is 0 Å². The number of ether oxygens (including phenoxy) is 5. The van der Waals surface area contributed by atoms with E-state index < -0.39 is 5.60 Å². The number of hydrogen-bond donors (Lipinski definition) is 0. The first kappa shape index (κ1) is 17.7. The molecule has 0 unspecified atom stereocenters. The number of methoxy groups -OCH3 is 2. The highest BCUT2D eigenvalue weighted by atomic mass is 16.7. The van der Waals surface area contributed by atoms with Gasteiger partial charge in [0.1, 0.15) is 11.9 Å². The van der Waals surface area contributed by atoms with E-state index in [0.29, 0.717) is 29.4 Å².